The van der Waals surface area contributed by atoms with Gasteiger partial charge in [0, 0.05) is 10.7 Å². The van der Waals surface area contributed by atoms with E-state index in [9.17, 15) is 9.90 Å². The minimum Gasteiger partial charge on any atom is -0.481 e. The van der Waals surface area contributed by atoms with Gasteiger partial charge in [-0.3, -0.25) is 4.79 Å². The molecular formula is C14H20ClNO2. The Balaban J connectivity index is 3.27. The van der Waals surface area contributed by atoms with Gasteiger partial charge in [0.15, 0.2) is 0 Å². The number of carboxylic acid groups (broad SMARTS) is 1. The predicted molar refractivity (Wildman–Crippen MR) is 74.9 cm³/mol. The van der Waals surface area contributed by atoms with E-state index in [1.54, 1.807) is 18.2 Å². The van der Waals surface area contributed by atoms with Crippen LogP contribution in [-0.2, 0) is 4.79 Å². The van der Waals surface area contributed by atoms with Crippen LogP contribution in [0.2, 0.25) is 5.02 Å². The molecule has 2 atom stereocenters. The van der Waals surface area contributed by atoms with Gasteiger partial charge in [-0.2, -0.15) is 0 Å². The maximum atomic E-state index is 11.6. The molecule has 0 radical (unpaired) electrons. The van der Waals surface area contributed by atoms with E-state index in [1.165, 1.54) is 0 Å². The molecule has 0 aliphatic rings. The normalized spacial score (nSPS) is 14.5. The number of hydrogen-bond acceptors (Lipinski definition) is 2. The Morgan fingerprint density at radius 2 is 2.06 bits per heavy atom. The second-order valence-electron chi connectivity index (χ2n) is 4.91. The number of nitrogens with two attached hydrogens (primary N) is 1. The van der Waals surface area contributed by atoms with Crippen molar-refractivity contribution in [3.8, 4) is 0 Å². The van der Waals surface area contributed by atoms with Gasteiger partial charge < -0.3 is 10.8 Å². The van der Waals surface area contributed by atoms with Crippen LogP contribution in [0.25, 0.3) is 0 Å². The molecule has 0 bridgehead atoms. The smallest absolute Gasteiger partial charge is 0.311 e. The van der Waals surface area contributed by atoms with Crippen LogP contribution in [0.3, 0.4) is 0 Å². The molecule has 4 heteroatoms. The Labute approximate surface area is 113 Å². The molecule has 0 fully saturated rings. The minimum absolute atomic E-state index is 0.0447. The summed E-state index contributed by atoms with van der Waals surface area (Å²) in [6, 6.07) is 5.01. The quantitative estimate of drug-likeness (QED) is 0.800. The number of carbonyl (C=O) groups is 1. The van der Waals surface area contributed by atoms with Gasteiger partial charge >= 0.3 is 5.97 Å². The zero-order chi connectivity index (χ0) is 13.9. The summed E-state index contributed by atoms with van der Waals surface area (Å²) in [5.74, 6) is -1.13. The van der Waals surface area contributed by atoms with Crippen LogP contribution < -0.4 is 5.73 Å². The molecule has 0 aromatic heterocycles. The first-order valence-corrected chi connectivity index (χ1v) is 6.54. The van der Waals surface area contributed by atoms with Gasteiger partial charge in [-0.1, -0.05) is 38.8 Å². The zero-order valence-corrected chi connectivity index (χ0v) is 11.7. The zero-order valence-electron chi connectivity index (χ0n) is 11.0. The molecule has 0 aliphatic carbocycles. The van der Waals surface area contributed by atoms with Gasteiger partial charge in [0.25, 0.3) is 0 Å². The lowest BCUT2D eigenvalue weighted by atomic mass is 9.77. The fourth-order valence-electron chi connectivity index (χ4n) is 2.45. The Bertz CT molecular complexity index is 432. The molecule has 1 rings (SSSR count). The van der Waals surface area contributed by atoms with Crippen LogP contribution in [-0.4, -0.2) is 11.1 Å². The van der Waals surface area contributed by atoms with Gasteiger partial charge in [-0.25, -0.2) is 0 Å². The van der Waals surface area contributed by atoms with Gasteiger partial charge in [0.1, 0.15) is 0 Å². The van der Waals surface area contributed by atoms with Crippen molar-refractivity contribution in [2.75, 3.05) is 5.73 Å². The van der Waals surface area contributed by atoms with E-state index >= 15 is 0 Å². The Morgan fingerprint density at radius 1 is 1.44 bits per heavy atom. The highest BCUT2D eigenvalue weighted by Crippen LogP contribution is 2.36. The highest BCUT2D eigenvalue weighted by atomic mass is 35.5. The molecule has 1 aromatic carbocycles. The van der Waals surface area contributed by atoms with Gasteiger partial charge in [0.2, 0.25) is 0 Å². The van der Waals surface area contributed by atoms with Crippen LogP contribution in [0, 0.1) is 11.8 Å². The maximum Gasteiger partial charge on any atom is 0.311 e. The van der Waals surface area contributed by atoms with Crippen molar-refractivity contribution in [3.05, 3.63) is 28.8 Å². The fourth-order valence-corrected chi connectivity index (χ4v) is 2.63. The molecule has 0 spiro atoms. The number of rotatable bonds is 5. The number of nitrogen functional groups attached to an aromatic ring is 1. The average Bonchev–Trinajstić information content (AvgIpc) is 2.28. The summed E-state index contributed by atoms with van der Waals surface area (Å²) in [6.07, 6.45) is 0.792. The predicted octanol–water partition coefficient (Wildman–Crippen LogP) is 3.77. The first kappa shape index (κ1) is 14.8. The molecule has 0 aliphatic heterocycles. The third-order valence-corrected chi connectivity index (χ3v) is 3.64. The number of carboxylic acids is 1. The van der Waals surface area contributed by atoms with Crippen molar-refractivity contribution < 1.29 is 9.90 Å². The summed E-state index contributed by atoms with van der Waals surface area (Å²) in [5.41, 5.74) is 7.01. The van der Waals surface area contributed by atoms with Crippen molar-refractivity contribution in [1.82, 2.24) is 0 Å². The van der Waals surface area contributed by atoms with Crippen LogP contribution in [0.1, 0.15) is 38.7 Å². The number of aliphatic carboxylic acids is 1. The van der Waals surface area contributed by atoms with Crippen molar-refractivity contribution in [2.24, 2.45) is 11.8 Å². The lowest BCUT2D eigenvalue weighted by Gasteiger charge is -2.27. The van der Waals surface area contributed by atoms with Crippen LogP contribution >= 0.6 is 11.6 Å². The second kappa shape index (κ2) is 6.10. The van der Waals surface area contributed by atoms with E-state index in [-0.39, 0.29) is 11.8 Å². The third kappa shape index (κ3) is 3.16. The largest absolute Gasteiger partial charge is 0.481 e. The van der Waals surface area contributed by atoms with Gasteiger partial charge in [-0.05, 0) is 35.6 Å². The van der Waals surface area contributed by atoms with E-state index in [0.29, 0.717) is 16.3 Å². The molecule has 0 saturated heterocycles. The molecule has 18 heavy (non-hydrogen) atoms. The molecule has 3 nitrogen and oxygen atoms in total. The summed E-state index contributed by atoms with van der Waals surface area (Å²) in [4.78, 5) is 11.6. The molecule has 2 unspecified atom stereocenters. The summed E-state index contributed by atoms with van der Waals surface area (Å²) < 4.78 is 0. The third-order valence-electron chi connectivity index (χ3n) is 3.41. The van der Waals surface area contributed by atoms with Crippen molar-refractivity contribution >= 4 is 23.3 Å². The van der Waals surface area contributed by atoms with E-state index in [0.717, 1.165) is 6.42 Å². The molecule has 0 amide bonds. The Kier molecular flexibility index (Phi) is 5.03. The Morgan fingerprint density at radius 3 is 2.50 bits per heavy atom. The summed E-state index contributed by atoms with van der Waals surface area (Å²) in [5, 5.41) is 10.0. The standard InChI is InChI=1S/C14H20ClNO2/c1-4-10(8(2)3)13(14(17)18)11-7-9(15)5-6-12(11)16/h5-8,10,13H,4,16H2,1-3H3,(H,17,18). The number of hydrogen-bond donors (Lipinski definition) is 2. The lowest BCUT2D eigenvalue weighted by Crippen LogP contribution is -2.26. The second-order valence-corrected chi connectivity index (χ2v) is 5.34. The Hall–Kier alpha value is -1.22. The van der Waals surface area contributed by atoms with Crippen molar-refractivity contribution in [1.29, 1.82) is 0 Å². The van der Waals surface area contributed by atoms with Gasteiger partial charge in [0.05, 0.1) is 5.92 Å². The van der Waals surface area contributed by atoms with E-state index in [1.807, 2.05) is 20.8 Å². The SMILES string of the molecule is CCC(C(C)C)C(C(=O)O)c1cc(Cl)ccc1N. The maximum absolute atomic E-state index is 11.6. The van der Waals surface area contributed by atoms with E-state index < -0.39 is 11.9 Å². The summed E-state index contributed by atoms with van der Waals surface area (Å²) in [7, 11) is 0. The molecular weight excluding hydrogens is 250 g/mol. The van der Waals surface area contributed by atoms with E-state index in [2.05, 4.69) is 0 Å². The van der Waals surface area contributed by atoms with E-state index in [4.69, 9.17) is 17.3 Å². The van der Waals surface area contributed by atoms with Crippen molar-refractivity contribution in [3.63, 3.8) is 0 Å². The molecule has 0 saturated carbocycles. The minimum atomic E-state index is -0.843. The van der Waals surface area contributed by atoms with Crippen LogP contribution in [0.5, 0.6) is 0 Å². The van der Waals surface area contributed by atoms with Crippen LogP contribution in [0.4, 0.5) is 5.69 Å². The molecule has 1 aromatic rings. The summed E-state index contributed by atoms with van der Waals surface area (Å²) >= 11 is 5.94. The number of halogens is 1. The lowest BCUT2D eigenvalue weighted by molar-refractivity contribution is -0.140. The number of anilines is 1. The first-order chi connectivity index (χ1) is 8.38. The fraction of sp³-hybridized carbons (Fsp3) is 0.500. The van der Waals surface area contributed by atoms with Gasteiger partial charge in [-0.15, -0.1) is 0 Å². The molecule has 0 heterocycles. The highest BCUT2D eigenvalue weighted by Gasteiger charge is 2.32. The topological polar surface area (TPSA) is 63.3 Å². The molecule has 3 N–H and O–H groups in total. The van der Waals surface area contributed by atoms with Crippen molar-refractivity contribution in [2.45, 2.75) is 33.1 Å². The monoisotopic (exact) mass is 269 g/mol. The average molecular weight is 270 g/mol. The summed E-state index contributed by atoms with van der Waals surface area (Å²) in [6.45, 7) is 6.07. The van der Waals surface area contributed by atoms with Crippen LogP contribution in [0.15, 0.2) is 18.2 Å². The molecule has 100 valence electrons. The number of benzene rings is 1. The first-order valence-electron chi connectivity index (χ1n) is 6.16. The highest BCUT2D eigenvalue weighted by molar-refractivity contribution is 6.30.